The summed E-state index contributed by atoms with van der Waals surface area (Å²) in [4.78, 5) is 12.7. The van der Waals surface area contributed by atoms with Crippen LogP contribution in [0.2, 0.25) is 0 Å². The first-order chi connectivity index (χ1) is 15.9. The van der Waals surface area contributed by atoms with Gasteiger partial charge in [-0.2, -0.15) is 4.31 Å². The Morgan fingerprint density at radius 1 is 1.06 bits per heavy atom. The third-order valence-electron chi connectivity index (χ3n) is 7.01. The smallest absolute Gasteiger partial charge is 0.243 e. The Morgan fingerprint density at radius 3 is 2.58 bits per heavy atom. The Morgan fingerprint density at radius 2 is 1.82 bits per heavy atom. The molecule has 3 aliphatic rings. The molecule has 2 aliphatic heterocycles. The van der Waals surface area contributed by atoms with Crippen molar-refractivity contribution in [3.8, 4) is 0 Å². The molecule has 184 valence electrons. The summed E-state index contributed by atoms with van der Waals surface area (Å²) in [5.74, 6) is 0.557. The van der Waals surface area contributed by atoms with Crippen molar-refractivity contribution < 1.29 is 27.8 Å². The summed E-state index contributed by atoms with van der Waals surface area (Å²) in [5.41, 5.74) is 0. The first-order valence-electron chi connectivity index (χ1n) is 12.2. The van der Waals surface area contributed by atoms with Crippen LogP contribution in [0.15, 0.2) is 35.2 Å². The minimum atomic E-state index is -3.81. The molecule has 3 fully saturated rings. The SMILES string of the molecule is O=C(C[C@H]1CC[C@H]2[C@@H](COC[C@H](O)CN2S(=O)(=O)c2ccccc2)O1)NCC1CCCCC1. The van der Waals surface area contributed by atoms with Crippen LogP contribution in [0.5, 0.6) is 0 Å². The van der Waals surface area contributed by atoms with Gasteiger partial charge in [0.25, 0.3) is 0 Å². The van der Waals surface area contributed by atoms with Gasteiger partial charge in [-0.05, 0) is 43.7 Å². The predicted octanol–water partition coefficient (Wildman–Crippen LogP) is 2.07. The van der Waals surface area contributed by atoms with Gasteiger partial charge >= 0.3 is 0 Å². The highest BCUT2D eigenvalue weighted by Gasteiger charge is 2.43. The number of nitrogens with one attached hydrogen (secondary N) is 1. The maximum atomic E-state index is 13.4. The summed E-state index contributed by atoms with van der Waals surface area (Å²) in [6, 6.07) is 7.82. The number of β-amino-alcohol motifs (C(OH)–C–C–N with tert-alkyl or cyclic N) is 1. The third kappa shape index (κ3) is 6.33. The van der Waals surface area contributed by atoms with Crippen LogP contribution in [0.1, 0.15) is 51.4 Å². The zero-order valence-corrected chi connectivity index (χ0v) is 19.9. The van der Waals surface area contributed by atoms with E-state index in [0.717, 1.165) is 6.54 Å². The molecular formula is C24H36N2O6S. The van der Waals surface area contributed by atoms with Gasteiger partial charge in [0.1, 0.15) is 0 Å². The molecule has 1 aromatic rings. The summed E-state index contributed by atoms with van der Waals surface area (Å²) in [5, 5.41) is 13.4. The van der Waals surface area contributed by atoms with E-state index in [4.69, 9.17) is 9.47 Å². The van der Waals surface area contributed by atoms with E-state index in [0.29, 0.717) is 18.8 Å². The Labute approximate surface area is 196 Å². The number of amides is 1. The number of ether oxygens (including phenoxy) is 2. The molecule has 0 aromatic heterocycles. The monoisotopic (exact) mass is 480 g/mol. The van der Waals surface area contributed by atoms with Crippen molar-refractivity contribution in [3.63, 3.8) is 0 Å². The van der Waals surface area contributed by atoms with Gasteiger partial charge in [-0.1, -0.05) is 37.5 Å². The Hall–Kier alpha value is -1.52. The first kappa shape index (κ1) is 24.6. The molecule has 4 rings (SSSR count). The lowest BCUT2D eigenvalue weighted by molar-refractivity contribution is -0.146. The van der Waals surface area contributed by atoms with E-state index in [-0.39, 0.29) is 43.1 Å². The molecule has 1 aliphatic carbocycles. The Balaban J connectivity index is 1.39. The van der Waals surface area contributed by atoms with Crippen molar-refractivity contribution in [3.05, 3.63) is 30.3 Å². The number of rotatable bonds is 6. The van der Waals surface area contributed by atoms with E-state index in [9.17, 15) is 18.3 Å². The number of aliphatic hydroxyl groups is 1. The molecule has 8 nitrogen and oxygen atoms in total. The second-order valence-electron chi connectivity index (χ2n) is 9.53. The fourth-order valence-corrected chi connectivity index (χ4v) is 6.96. The topological polar surface area (TPSA) is 105 Å². The number of sulfonamides is 1. The molecule has 9 heteroatoms. The average molecular weight is 481 g/mol. The lowest BCUT2D eigenvalue weighted by Crippen LogP contribution is -2.57. The van der Waals surface area contributed by atoms with Crippen LogP contribution < -0.4 is 5.32 Å². The quantitative estimate of drug-likeness (QED) is 0.646. The van der Waals surface area contributed by atoms with Crippen LogP contribution in [0.3, 0.4) is 0 Å². The fourth-order valence-electron chi connectivity index (χ4n) is 5.23. The van der Waals surface area contributed by atoms with Crippen molar-refractivity contribution in [1.29, 1.82) is 0 Å². The molecule has 0 bridgehead atoms. The highest BCUT2D eigenvalue weighted by atomic mass is 32.2. The summed E-state index contributed by atoms with van der Waals surface area (Å²) >= 11 is 0. The zero-order valence-electron chi connectivity index (χ0n) is 19.1. The number of carbonyl (C=O) groups excluding carboxylic acids is 1. The molecular weight excluding hydrogens is 444 g/mol. The first-order valence-corrected chi connectivity index (χ1v) is 13.6. The van der Waals surface area contributed by atoms with Crippen LogP contribution in [-0.4, -0.2) is 74.4 Å². The normalized spacial score (nSPS) is 30.1. The molecule has 2 N–H and O–H groups in total. The second kappa shape index (κ2) is 11.3. The highest BCUT2D eigenvalue weighted by molar-refractivity contribution is 7.89. The summed E-state index contributed by atoms with van der Waals surface area (Å²) < 4.78 is 40.0. The Kier molecular flexibility index (Phi) is 8.40. The Bertz CT molecular complexity index is 874. The summed E-state index contributed by atoms with van der Waals surface area (Å²) in [6.07, 6.45) is 5.86. The number of carbonyl (C=O) groups is 1. The number of hydrogen-bond donors (Lipinski definition) is 2. The van der Waals surface area contributed by atoms with Gasteiger partial charge in [0.15, 0.2) is 0 Å². The molecule has 4 atom stereocenters. The van der Waals surface area contributed by atoms with Crippen LogP contribution in [0, 0.1) is 5.92 Å². The molecule has 0 radical (unpaired) electrons. The largest absolute Gasteiger partial charge is 0.389 e. The predicted molar refractivity (Wildman–Crippen MR) is 123 cm³/mol. The van der Waals surface area contributed by atoms with E-state index in [1.807, 2.05) is 0 Å². The van der Waals surface area contributed by atoms with Crippen molar-refractivity contribution in [2.45, 2.75) is 80.6 Å². The van der Waals surface area contributed by atoms with Crippen LogP contribution in [0.25, 0.3) is 0 Å². The molecule has 33 heavy (non-hydrogen) atoms. The second-order valence-corrected chi connectivity index (χ2v) is 11.4. The van der Waals surface area contributed by atoms with Crippen molar-refractivity contribution in [2.24, 2.45) is 5.92 Å². The van der Waals surface area contributed by atoms with E-state index in [1.165, 1.54) is 36.4 Å². The van der Waals surface area contributed by atoms with E-state index >= 15 is 0 Å². The van der Waals surface area contributed by atoms with Gasteiger partial charge in [0.05, 0.1) is 48.9 Å². The lowest BCUT2D eigenvalue weighted by atomic mass is 9.89. The van der Waals surface area contributed by atoms with Crippen molar-refractivity contribution in [2.75, 3.05) is 26.3 Å². The number of benzene rings is 1. The molecule has 1 amide bonds. The van der Waals surface area contributed by atoms with E-state index in [2.05, 4.69) is 5.32 Å². The summed E-state index contributed by atoms with van der Waals surface area (Å²) in [7, 11) is -3.81. The van der Waals surface area contributed by atoms with Crippen LogP contribution >= 0.6 is 0 Å². The van der Waals surface area contributed by atoms with Crippen molar-refractivity contribution >= 4 is 15.9 Å². The number of hydrogen-bond acceptors (Lipinski definition) is 6. The third-order valence-corrected chi connectivity index (χ3v) is 8.91. The number of fused-ring (bicyclic) bond motifs is 1. The minimum Gasteiger partial charge on any atom is -0.389 e. The van der Waals surface area contributed by atoms with Crippen LogP contribution in [-0.2, 0) is 24.3 Å². The molecule has 1 aromatic carbocycles. The van der Waals surface area contributed by atoms with E-state index in [1.54, 1.807) is 30.3 Å². The number of aliphatic hydroxyl groups excluding tert-OH is 1. The minimum absolute atomic E-state index is 0.0139. The summed E-state index contributed by atoms with van der Waals surface area (Å²) in [6.45, 7) is 0.901. The van der Waals surface area contributed by atoms with Gasteiger partial charge in [-0.25, -0.2) is 8.42 Å². The van der Waals surface area contributed by atoms with Gasteiger partial charge < -0.3 is 19.9 Å². The average Bonchev–Trinajstić information content (AvgIpc) is 2.82. The highest BCUT2D eigenvalue weighted by Crippen LogP contribution is 2.31. The standard InChI is InChI=1S/C24H36N2O6S/c27-19-15-26(33(29,30)21-9-5-2-6-10-21)22-12-11-20(32-23(22)17-31-16-19)13-24(28)25-14-18-7-3-1-4-8-18/h2,5-6,9-10,18-20,22-23,27H,1,3-4,7-8,11-17H2,(H,25,28)/t19-,20-,22+,23-/m1/s1. The maximum Gasteiger partial charge on any atom is 0.243 e. The van der Waals surface area contributed by atoms with Gasteiger partial charge in [-0.15, -0.1) is 0 Å². The molecule has 2 saturated heterocycles. The molecule has 1 saturated carbocycles. The zero-order chi connectivity index (χ0) is 23.3. The van der Waals surface area contributed by atoms with Gasteiger partial charge in [-0.3, -0.25) is 4.79 Å². The fraction of sp³-hybridized carbons (Fsp3) is 0.708. The van der Waals surface area contributed by atoms with Crippen LogP contribution in [0.4, 0.5) is 0 Å². The maximum absolute atomic E-state index is 13.4. The van der Waals surface area contributed by atoms with E-state index < -0.39 is 28.3 Å². The van der Waals surface area contributed by atoms with Gasteiger partial charge in [0, 0.05) is 13.1 Å². The molecule has 0 unspecified atom stereocenters. The molecule has 2 heterocycles. The van der Waals surface area contributed by atoms with Gasteiger partial charge in [0.2, 0.25) is 15.9 Å². The number of nitrogens with zero attached hydrogens (tertiary/aromatic N) is 1. The molecule has 0 spiro atoms. The lowest BCUT2D eigenvalue weighted by Gasteiger charge is -2.43. The van der Waals surface area contributed by atoms with Crippen molar-refractivity contribution in [1.82, 2.24) is 9.62 Å².